The molecular formula is C11H16N2O2. The first kappa shape index (κ1) is 10.2. The minimum atomic E-state index is -0.628. The highest BCUT2D eigenvalue weighted by atomic mass is 16.4. The quantitative estimate of drug-likeness (QED) is 0.815. The zero-order chi connectivity index (χ0) is 10.8. The molecule has 1 heterocycles. The van der Waals surface area contributed by atoms with E-state index in [-0.39, 0.29) is 5.92 Å². The predicted octanol–water partition coefficient (Wildman–Crippen LogP) is 1.46. The highest BCUT2D eigenvalue weighted by molar-refractivity contribution is 5.71. The number of carboxylic acid groups (broad SMARTS) is 1. The molecule has 1 fully saturated rings. The number of nitrogens with zero attached hydrogens (tertiary/aromatic N) is 2. The van der Waals surface area contributed by atoms with Gasteiger partial charge in [0.05, 0.1) is 5.92 Å². The molecule has 1 aromatic heterocycles. The van der Waals surface area contributed by atoms with Crippen LogP contribution in [0.1, 0.15) is 25.0 Å². The van der Waals surface area contributed by atoms with Crippen LogP contribution < -0.4 is 0 Å². The predicted molar refractivity (Wildman–Crippen MR) is 55.4 cm³/mol. The van der Waals surface area contributed by atoms with E-state index in [0.717, 1.165) is 25.7 Å². The molecule has 1 aromatic rings. The second-order valence-electron chi connectivity index (χ2n) is 4.27. The van der Waals surface area contributed by atoms with Crippen LogP contribution >= 0.6 is 0 Å². The Morgan fingerprint density at radius 2 is 2.47 bits per heavy atom. The van der Waals surface area contributed by atoms with Gasteiger partial charge in [-0.15, -0.1) is 0 Å². The molecule has 1 aliphatic carbocycles. The number of aliphatic carboxylic acids is 1. The largest absolute Gasteiger partial charge is 0.481 e. The van der Waals surface area contributed by atoms with Crippen molar-refractivity contribution in [2.45, 2.75) is 25.7 Å². The molecule has 0 radical (unpaired) electrons. The first-order valence-electron chi connectivity index (χ1n) is 5.38. The first-order valence-corrected chi connectivity index (χ1v) is 5.38. The molecule has 0 bridgehead atoms. The lowest BCUT2D eigenvalue weighted by molar-refractivity contribution is -0.147. The maximum Gasteiger partial charge on any atom is 0.306 e. The molecule has 4 heteroatoms. The van der Waals surface area contributed by atoms with Crippen molar-refractivity contribution in [3.63, 3.8) is 0 Å². The molecule has 15 heavy (non-hydrogen) atoms. The molecule has 1 aliphatic rings. The summed E-state index contributed by atoms with van der Waals surface area (Å²) in [7, 11) is 1.92. The number of carbonyl (C=O) groups is 1. The molecule has 1 N–H and O–H groups in total. The molecular weight excluding hydrogens is 192 g/mol. The van der Waals surface area contributed by atoms with Crippen LogP contribution in [0, 0.1) is 11.8 Å². The molecule has 0 aromatic carbocycles. The third-order valence-electron chi connectivity index (χ3n) is 3.43. The van der Waals surface area contributed by atoms with E-state index in [1.807, 2.05) is 17.8 Å². The van der Waals surface area contributed by atoms with Crippen molar-refractivity contribution in [2.75, 3.05) is 0 Å². The van der Waals surface area contributed by atoms with Crippen LogP contribution in [-0.4, -0.2) is 20.9 Å². The van der Waals surface area contributed by atoms with E-state index in [1.165, 1.54) is 5.69 Å². The maximum absolute atomic E-state index is 10.8. The third-order valence-corrected chi connectivity index (χ3v) is 3.43. The summed E-state index contributed by atoms with van der Waals surface area (Å²) in [6, 6.07) is 1.99. The molecule has 0 saturated heterocycles. The number of hydrogen-bond donors (Lipinski definition) is 1. The van der Waals surface area contributed by atoms with Crippen LogP contribution in [0.3, 0.4) is 0 Å². The van der Waals surface area contributed by atoms with Crippen LogP contribution in [0.2, 0.25) is 0 Å². The summed E-state index contributed by atoms with van der Waals surface area (Å²) in [6.07, 6.45) is 5.60. The Morgan fingerprint density at radius 3 is 2.93 bits per heavy atom. The molecule has 0 amide bonds. The lowest BCUT2D eigenvalue weighted by Gasteiger charge is -2.33. The zero-order valence-electron chi connectivity index (χ0n) is 8.89. The Morgan fingerprint density at radius 1 is 1.67 bits per heavy atom. The second kappa shape index (κ2) is 4.04. The summed E-state index contributed by atoms with van der Waals surface area (Å²) in [5.74, 6) is -0.355. The summed E-state index contributed by atoms with van der Waals surface area (Å²) < 4.78 is 1.86. The van der Waals surface area contributed by atoms with Gasteiger partial charge in [0.15, 0.2) is 0 Å². The van der Waals surface area contributed by atoms with Crippen molar-refractivity contribution in [3.05, 3.63) is 18.0 Å². The highest BCUT2D eigenvalue weighted by Gasteiger charge is 2.35. The van der Waals surface area contributed by atoms with Gasteiger partial charge in [-0.2, -0.15) is 5.10 Å². The van der Waals surface area contributed by atoms with Crippen molar-refractivity contribution in [1.82, 2.24) is 9.78 Å². The van der Waals surface area contributed by atoms with Crippen LogP contribution in [-0.2, 0) is 18.3 Å². The maximum atomic E-state index is 10.8. The van der Waals surface area contributed by atoms with Crippen LogP contribution in [0.5, 0.6) is 0 Å². The molecule has 0 spiro atoms. The molecule has 1 saturated carbocycles. The fourth-order valence-corrected chi connectivity index (χ4v) is 2.22. The van der Waals surface area contributed by atoms with Crippen LogP contribution in [0.15, 0.2) is 12.3 Å². The van der Waals surface area contributed by atoms with Gasteiger partial charge < -0.3 is 5.11 Å². The van der Waals surface area contributed by atoms with E-state index in [1.54, 1.807) is 6.20 Å². The van der Waals surface area contributed by atoms with Crippen molar-refractivity contribution in [1.29, 1.82) is 0 Å². The lowest BCUT2D eigenvalue weighted by atomic mass is 9.71. The minimum Gasteiger partial charge on any atom is -0.481 e. The Hall–Kier alpha value is -1.32. The third kappa shape index (κ3) is 2.03. The van der Waals surface area contributed by atoms with E-state index < -0.39 is 5.97 Å². The van der Waals surface area contributed by atoms with Crippen molar-refractivity contribution in [3.8, 4) is 0 Å². The Labute approximate surface area is 88.9 Å². The number of hydrogen-bond acceptors (Lipinski definition) is 2. The van der Waals surface area contributed by atoms with Gasteiger partial charge in [-0.3, -0.25) is 9.48 Å². The Balaban J connectivity index is 1.84. The van der Waals surface area contributed by atoms with Crippen molar-refractivity contribution >= 4 is 5.97 Å². The van der Waals surface area contributed by atoms with Gasteiger partial charge in [-0.05, 0) is 37.7 Å². The van der Waals surface area contributed by atoms with Crippen molar-refractivity contribution in [2.24, 2.45) is 18.9 Å². The van der Waals surface area contributed by atoms with Crippen LogP contribution in [0.4, 0.5) is 0 Å². The van der Waals surface area contributed by atoms with Gasteiger partial charge in [0.2, 0.25) is 0 Å². The molecule has 82 valence electrons. The van der Waals surface area contributed by atoms with Crippen molar-refractivity contribution < 1.29 is 9.90 Å². The summed E-state index contributed by atoms with van der Waals surface area (Å²) in [5, 5.41) is 13.0. The fraction of sp³-hybridized carbons (Fsp3) is 0.636. The molecule has 2 atom stereocenters. The molecule has 2 unspecified atom stereocenters. The van der Waals surface area contributed by atoms with Gasteiger partial charge in [0.25, 0.3) is 0 Å². The monoisotopic (exact) mass is 208 g/mol. The molecule has 0 aliphatic heterocycles. The SMILES string of the molecule is Cn1nccc1CCC1CCC1C(=O)O. The number of carboxylic acids is 1. The Kier molecular flexibility index (Phi) is 2.75. The Bertz CT molecular complexity index is 359. The molecule has 4 nitrogen and oxygen atoms in total. The van der Waals surface area contributed by atoms with Gasteiger partial charge in [0, 0.05) is 18.9 Å². The summed E-state index contributed by atoms with van der Waals surface area (Å²) in [6.45, 7) is 0. The highest BCUT2D eigenvalue weighted by Crippen LogP contribution is 2.37. The average Bonchev–Trinajstić information content (AvgIpc) is 2.49. The number of aromatic nitrogens is 2. The standard InChI is InChI=1S/C11H16N2O2/c1-13-9(6-7-12-13)4-2-8-3-5-10(8)11(14)15/h6-8,10H,2-5H2,1H3,(H,14,15). The fourth-order valence-electron chi connectivity index (χ4n) is 2.22. The van der Waals surface area contributed by atoms with E-state index in [2.05, 4.69) is 5.10 Å². The first-order chi connectivity index (χ1) is 7.18. The zero-order valence-corrected chi connectivity index (χ0v) is 8.89. The van der Waals surface area contributed by atoms with E-state index in [9.17, 15) is 4.79 Å². The van der Waals surface area contributed by atoms with Gasteiger partial charge in [-0.25, -0.2) is 0 Å². The van der Waals surface area contributed by atoms with E-state index >= 15 is 0 Å². The van der Waals surface area contributed by atoms with E-state index in [0.29, 0.717) is 5.92 Å². The second-order valence-corrected chi connectivity index (χ2v) is 4.27. The summed E-state index contributed by atoms with van der Waals surface area (Å²) in [5.41, 5.74) is 1.19. The molecule has 2 rings (SSSR count). The number of rotatable bonds is 4. The smallest absolute Gasteiger partial charge is 0.306 e. The van der Waals surface area contributed by atoms with Gasteiger partial charge >= 0.3 is 5.97 Å². The topological polar surface area (TPSA) is 55.1 Å². The van der Waals surface area contributed by atoms with Gasteiger partial charge in [-0.1, -0.05) is 0 Å². The summed E-state index contributed by atoms with van der Waals surface area (Å²) >= 11 is 0. The van der Waals surface area contributed by atoms with Crippen LogP contribution in [0.25, 0.3) is 0 Å². The lowest BCUT2D eigenvalue weighted by Crippen LogP contribution is -2.33. The summed E-state index contributed by atoms with van der Waals surface area (Å²) in [4.78, 5) is 10.8. The average molecular weight is 208 g/mol. The minimum absolute atomic E-state index is 0.0989. The normalized spacial score (nSPS) is 24.9. The van der Waals surface area contributed by atoms with Gasteiger partial charge in [0.1, 0.15) is 0 Å². The number of aryl methyl sites for hydroxylation is 2. The van der Waals surface area contributed by atoms with E-state index in [4.69, 9.17) is 5.11 Å².